The van der Waals surface area contributed by atoms with Gasteiger partial charge in [0.25, 0.3) is 0 Å². The molecule has 0 aliphatic carbocycles. The van der Waals surface area contributed by atoms with Gasteiger partial charge in [0, 0.05) is 32.6 Å². The van der Waals surface area contributed by atoms with Crippen LogP contribution in [-0.2, 0) is 5.41 Å². The van der Waals surface area contributed by atoms with E-state index in [-0.39, 0.29) is 11.2 Å². The maximum absolute atomic E-state index is 10.4. The lowest BCUT2D eigenvalue weighted by atomic mass is 9.93. The molecule has 4 N–H and O–H groups in total. The normalized spacial score (nSPS) is 11.5. The fraction of sp³-hybridized carbons (Fsp3) is 0.211. The molecule has 6 heteroatoms. The smallest absolute Gasteiger partial charge is 0.187 e. The van der Waals surface area contributed by atoms with Crippen molar-refractivity contribution < 1.29 is 5.11 Å². The number of rotatable bonds is 3. The maximum atomic E-state index is 10.4. The summed E-state index contributed by atoms with van der Waals surface area (Å²) in [7, 11) is 0. The van der Waals surface area contributed by atoms with Gasteiger partial charge >= 0.3 is 0 Å². The topological polar surface area (TPSA) is 71.2 Å². The highest BCUT2D eigenvalue weighted by Crippen LogP contribution is 2.39. The maximum Gasteiger partial charge on any atom is 0.187 e. The summed E-state index contributed by atoms with van der Waals surface area (Å²) < 4.78 is 0.852. The van der Waals surface area contributed by atoms with Crippen molar-refractivity contribution in [1.29, 1.82) is 0 Å². The Bertz CT molecular complexity index is 898. The van der Waals surface area contributed by atoms with Crippen LogP contribution in [0.4, 0.5) is 16.5 Å². The van der Waals surface area contributed by atoms with E-state index in [0.717, 1.165) is 32.1 Å². The molecule has 0 aliphatic heterocycles. The van der Waals surface area contributed by atoms with Crippen molar-refractivity contribution in [1.82, 2.24) is 4.98 Å². The SMILES string of the molecule is CC(C)(C)c1csc(Nc2cc(O)c(-c3ccc(N)cc3)cc2Br)n1. The number of benzene rings is 2. The first-order valence-corrected chi connectivity index (χ1v) is 9.53. The number of nitrogens with one attached hydrogen (secondary N) is 1. The first kappa shape index (κ1) is 17.8. The third-order valence-corrected chi connectivity index (χ3v) is 5.24. The number of aromatic nitrogens is 1. The van der Waals surface area contributed by atoms with Crippen molar-refractivity contribution in [2.75, 3.05) is 11.1 Å². The minimum absolute atomic E-state index is 0.00874. The van der Waals surface area contributed by atoms with E-state index in [1.165, 1.54) is 0 Å². The van der Waals surface area contributed by atoms with E-state index < -0.39 is 0 Å². The van der Waals surface area contributed by atoms with Crippen LogP contribution in [0.5, 0.6) is 5.75 Å². The summed E-state index contributed by atoms with van der Waals surface area (Å²) in [5, 5.41) is 16.6. The van der Waals surface area contributed by atoms with Crippen molar-refractivity contribution in [3.63, 3.8) is 0 Å². The molecule has 4 nitrogen and oxygen atoms in total. The van der Waals surface area contributed by atoms with Crippen LogP contribution >= 0.6 is 27.3 Å². The van der Waals surface area contributed by atoms with Crippen molar-refractivity contribution in [2.45, 2.75) is 26.2 Å². The van der Waals surface area contributed by atoms with Crippen LogP contribution in [-0.4, -0.2) is 10.1 Å². The van der Waals surface area contributed by atoms with Gasteiger partial charge in [0.15, 0.2) is 5.13 Å². The van der Waals surface area contributed by atoms with Gasteiger partial charge < -0.3 is 16.2 Å². The Morgan fingerprint density at radius 3 is 2.44 bits per heavy atom. The highest BCUT2D eigenvalue weighted by atomic mass is 79.9. The van der Waals surface area contributed by atoms with Gasteiger partial charge in [0.1, 0.15) is 5.75 Å². The molecule has 0 amide bonds. The molecule has 0 aliphatic rings. The van der Waals surface area contributed by atoms with Gasteiger partial charge in [-0.2, -0.15) is 0 Å². The Labute approximate surface area is 159 Å². The standard InChI is InChI=1S/C19H20BrN3OS/c1-19(2,3)17-10-25-18(23-17)22-15-9-16(24)13(8-14(15)20)11-4-6-12(21)7-5-11/h4-10,24H,21H2,1-3H3,(H,22,23). The molecule has 3 aromatic rings. The number of nitrogens with zero attached hydrogens (tertiary/aromatic N) is 1. The van der Waals surface area contributed by atoms with Crippen molar-refractivity contribution in [3.05, 3.63) is 51.9 Å². The van der Waals surface area contributed by atoms with Crippen LogP contribution < -0.4 is 11.1 Å². The summed E-state index contributed by atoms with van der Waals surface area (Å²) in [6, 6.07) is 11.0. The van der Waals surface area contributed by atoms with Crippen LogP contribution in [0.15, 0.2) is 46.3 Å². The van der Waals surface area contributed by atoms with Gasteiger partial charge in [-0.1, -0.05) is 32.9 Å². The predicted molar refractivity (Wildman–Crippen MR) is 110 cm³/mol. The number of phenols is 1. The molecular formula is C19H20BrN3OS. The van der Waals surface area contributed by atoms with Crippen LogP contribution in [0.3, 0.4) is 0 Å². The monoisotopic (exact) mass is 417 g/mol. The van der Waals surface area contributed by atoms with Crippen LogP contribution in [0, 0.1) is 0 Å². The highest BCUT2D eigenvalue weighted by molar-refractivity contribution is 9.10. The second kappa shape index (κ2) is 6.69. The van der Waals surface area contributed by atoms with Crippen LogP contribution in [0.25, 0.3) is 11.1 Å². The van der Waals surface area contributed by atoms with Gasteiger partial charge in [-0.25, -0.2) is 4.98 Å². The lowest BCUT2D eigenvalue weighted by Crippen LogP contribution is -2.11. The van der Waals surface area contributed by atoms with E-state index in [1.807, 2.05) is 30.3 Å². The van der Waals surface area contributed by atoms with E-state index in [4.69, 9.17) is 5.73 Å². The van der Waals surface area contributed by atoms with Crippen molar-refractivity contribution in [2.24, 2.45) is 0 Å². The molecule has 0 radical (unpaired) electrons. The molecule has 0 atom stereocenters. The lowest BCUT2D eigenvalue weighted by molar-refractivity contribution is 0.477. The van der Waals surface area contributed by atoms with Gasteiger partial charge in [-0.15, -0.1) is 11.3 Å². The molecule has 0 saturated heterocycles. The van der Waals surface area contributed by atoms with E-state index >= 15 is 0 Å². The number of hydrogen-bond donors (Lipinski definition) is 3. The number of thiazole rings is 1. The molecule has 130 valence electrons. The van der Waals surface area contributed by atoms with Crippen LogP contribution in [0.1, 0.15) is 26.5 Å². The average Bonchev–Trinajstić information content (AvgIpc) is 3.00. The van der Waals surface area contributed by atoms with Gasteiger partial charge in [-0.3, -0.25) is 0 Å². The van der Waals surface area contributed by atoms with Crippen molar-refractivity contribution in [3.8, 4) is 16.9 Å². The highest BCUT2D eigenvalue weighted by Gasteiger charge is 2.18. The largest absolute Gasteiger partial charge is 0.507 e. The number of halogens is 1. The third kappa shape index (κ3) is 3.96. The molecule has 0 spiro atoms. The fourth-order valence-electron chi connectivity index (χ4n) is 2.34. The second-order valence-electron chi connectivity index (χ2n) is 6.88. The Balaban J connectivity index is 1.90. The molecular weight excluding hydrogens is 398 g/mol. The molecule has 0 fully saturated rings. The summed E-state index contributed by atoms with van der Waals surface area (Å²) in [6.07, 6.45) is 0. The van der Waals surface area contributed by atoms with Crippen molar-refractivity contribution >= 4 is 43.8 Å². The number of phenolic OH excluding ortho intramolecular Hbond substituents is 1. The molecule has 1 heterocycles. The molecule has 3 rings (SSSR count). The number of aromatic hydroxyl groups is 1. The Hall–Kier alpha value is -2.05. The molecule has 0 unspecified atom stereocenters. The molecule has 0 bridgehead atoms. The Kier molecular flexibility index (Phi) is 4.75. The van der Waals surface area contributed by atoms with E-state index in [9.17, 15) is 5.11 Å². The Morgan fingerprint density at radius 2 is 1.84 bits per heavy atom. The van der Waals surface area contributed by atoms with E-state index in [2.05, 4.69) is 52.4 Å². The average molecular weight is 418 g/mol. The molecule has 0 saturated carbocycles. The number of nitrogen functional groups attached to an aromatic ring is 1. The predicted octanol–water partition coefficient (Wildman–Crippen LogP) is 5.90. The summed E-state index contributed by atoms with van der Waals surface area (Å²) in [4.78, 5) is 4.63. The van der Waals surface area contributed by atoms with Gasteiger partial charge in [0.05, 0.1) is 11.4 Å². The summed E-state index contributed by atoms with van der Waals surface area (Å²) in [6.45, 7) is 6.40. The second-order valence-corrected chi connectivity index (χ2v) is 8.60. The Morgan fingerprint density at radius 1 is 1.16 bits per heavy atom. The summed E-state index contributed by atoms with van der Waals surface area (Å²) >= 11 is 5.12. The zero-order valence-corrected chi connectivity index (χ0v) is 16.7. The first-order valence-electron chi connectivity index (χ1n) is 7.85. The lowest BCUT2D eigenvalue weighted by Gasteiger charge is -2.14. The fourth-order valence-corrected chi connectivity index (χ4v) is 3.73. The van der Waals surface area contributed by atoms with Crippen LogP contribution in [0.2, 0.25) is 0 Å². The first-order chi connectivity index (χ1) is 11.7. The minimum atomic E-state index is 0.00874. The van der Waals surface area contributed by atoms with E-state index in [1.54, 1.807) is 17.4 Å². The molecule has 2 aromatic carbocycles. The van der Waals surface area contributed by atoms with Gasteiger partial charge in [0.2, 0.25) is 0 Å². The number of anilines is 3. The summed E-state index contributed by atoms with van der Waals surface area (Å²) in [5.74, 6) is 0.197. The quantitative estimate of drug-likeness (QED) is 0.463. The van der Waals surface area contributed by atoms with E-state index in [0.29, 0.717) is 5.69 Å². The van der Waals surface area contributed by atoms with Gasteiger partial charge in [-0.05, 0) is 39.7 Å². The number of nitrogens with two attached hydrogens (primary N) is 1. The minimum Gasteiger partial charge on any atom is -0.507 e. The zero-order chi connectivity index (χ0) is 18.2. The number of hydrogen-bond acceptors (Lipinski definition) is 5. The third-order valence-electron chi connectivity index (χ3n) is 3.82. The zero-order valence-electron chi connectivity index (χ0n) is 14.3. The molecule has 25 heavy (non-hydrogen) atoms. The molecule has 1 aromatic heterocycles. The summed E-state index contributed by atoms with van der Waals surface area (Å²) in [5.41, 5.74) is 9.89.